The van der Waals surface area contributed by atoms with Gasteiger partial charge < -0.3 is 14.6 Å². The zero-order valence-electron chi connectivity index (χ0n) is 8.75. The van der Waals surface area contributed by atoms with E-state index in [-0.39, 0.29) is 13.2 Å². The van der Waals surface area contributed by atoms with Crippen molar-refractivity contribution in [1.29, 1.82) is 0 Å². The number of benzene rings is 1. The molecule has 0 saturated heterocycles. The number of aliphatic carboxylic acids is 1. The third kappa shape index (κ3) is 1.93. The fourth-order valence-electron chi connectivity index (χ4n) is 1.70. The van der Waals surface area contributed by atoms with Crippen LogP contribution in [0.25, 0.3) is 0 Å². The Labute approximate surface area is 97.7 Å². The summed E-state index contributed by atoms with van der Waals surface area (Å²) in [5, 5.41) is 9.12. The van der Waals surface area contributed by atoms with E-state index in [9.17, 15) is 4.79 Å². The van der Waals surface area contributed by atoms with E-state index >= 15 is 0 Å². The number of halogens is 1. The Morgan fingerprint density at radius 1 is 1.56 bits per heavy atom. The van der Waals surface area contributed by atoms with Crippen LogP contribution in [0.1, 0.15) is 17.5 Å². The summed E-state index contributed by atoms with van der Waals surface area (Å²) in [6.45, 7) is 2.04. The molecule has 0 bridgehead atoms. The first-order valence-corrected chi connectivity index (χ1v) is 5.26. The van der Waals surface area contributed by atoms with Crippen molar-refractivity contribution in [2.75, 3.05) is 6.79 Å². The van der Waals surface area contributed by atoms with E-state index in [1.54, 1.807) is 0 Å². The molecule has 0 fully saturated rings. The lowest BCUT2D eigenvalue weighted by Crippen LogP contribution is -2.00. The van der Waals surface area contributed by atoms with Crippen molar-refractivity contribution in [3.8, 4) is 11.5 Å². The normalized spacial score (nSPS) is 12.9. The zero-order valence-corrected chi connectivity index (χ0v) is 9.50. The van der Waals surface area contributed by atoms with Gasteiger partial charge in [-0.05, 0) is 30.5 Å². The lowest BCUT2D eigenvalue weighted by atomic mass is 10.0. The van der Waals surface area contributed by atoms with Gasteiger partial charge in [-0.1, -0.05) is 11.6 Å². The highest BCUT2D eigenvalue weighted by Gasteiger charge is 2.21. The number of hydrogen-bond donors (Lipinski definition) is 1. The summed E-state index contributed by atoms with van der Waals surface area (Å²) < 4.78 is 10.4. The first kappa shape index (κ1) is 11.1. The smallest absolute Gasteiger partial charge is 0.303 e. The molecule has 1 aliphatic heterocycles. The van der Waals surface area contributed by atoms with Crippen LogP contribution >= 0.6 is 11.6 Å². The minimum absolute atomic E-state index is 0.0558. The predicted molar refractivity (Wildman–Crippen MR) is 58.3 cm³/mol. The molecule has 4 nitrogen and oxygen atoms in total. The third-order valence-electron chi connectivity index (χ3n) is 2.52. The van der Waals surface area contributed by atoms with Crippen LogP contribution in [-0.4, -0.2) is 17.9 Å². The van der Waals surface area contributed by atoms with Gasteiger partial charge in [0.1, 0.15) is 0 Å². The van der Waals surface area contributed by atoms with E-state index in [1.165, 1.54) is 0 Å². The first-order valence-electron chi connectivity index (χ1n) is 4.89. The minimum atomic E-state index is -0.840. The second-order valence-electron chi connectivity index (χ2n) is 3.61. The number of carboxylic acid groups (broad SMARTS) is 1. The number of rotatable bonds is 3. The molecule has 0 amide bonds. The van der Waals surface area contributed by atoms with Gasteiger partial charge in [-0.15, -0.1) is 0 Å². The van der Waals surface area contributed by atoms with Gasteiger partial charge in [0.15, 0.2) is 11.5 Å². The Bertz CT molecular complexity index is 442. The van der Waals surface area contributed by atoms with Crippen LogP contribution in [0.3, 0.4) is 0 Å². The molecule has 0 saturated carbocycles. The van der Waals surface area contributed by atoms with E-state index in [0.29, 0.717) is 22.9 Å². The van der Waals surface area contributed by atoms with Gasteiger partial charge in [-0.3, -0.25) is 4.79 Å². The van der Waals surface area contributed by atoms with Crippen LogP contribution in [0.2, 0.25) is 5.02 Å². The number of aryl methyl sites for hydroxylation is 1. The van der Waals surface area contributed by atoms with Gasteiger partial charge in [0.25, 0.3) is 0 Å². The van der Waals surface area contributed by atoms with Crippen molar-refractivity contribution in [2.45, 2.75) is 19.8 Å². The summed E-state index contributed by atoms with van der Waals surface area (Å²) >= 11 is 6.14. The maximum absolute atomic E-state index is 10.5. The fourth-order valence-corrected chi connectivity index (χ4v) is 2.09. The molecular formula is C11H11ClO4. The standard InChI is InChI=1S/C11H11ClO4/c1-6-4-8-11(16-5-15-8)10(12)7(6)2-3-9(13)14/h4H,2-3,5H2,1H3,(H,13,14). The molecule has 1 aliphatic rings. The molecule has 2 rings (SSSR count). The summed E-state index contributed by atoms with van der Waals surface area (Å²) in [7, 11) is 0. The number of ether oxygens (including phenoxy) is 2. The summed E-state index contributed by atoms with van der Waals surface area (Å²) in [4.78, 5) is 10.5. The summed E-state index contributed by atoms with van der Waals surface area (Å²) in [5.74, 6) is 0.308. The molecule has 1 aromatic rings. The SMILES string of the molecule is Cc1cc2c(c(Cl)c1CCC(=O)O)OCO2. The Kier molecular flexibility index (Phi) is 2.92. The van der Waals surface area contributed by atoms with Crippen LogP contribution in [0.15, 0.2) is 6.07 Å². The van der Waals surface area contributed by atoms with E-state index in [2.05, 4.69) is 0 Å². The molecule has 16 heavy (non-hydrogen) atoms. The molecule has 1 aromatic carbocycles. The fraction of sp³-hybridized carbons (Fsp3) is 0.364. The van der Waals surface area contributed by atoms with Crippen molar-refractivity contribution >= 4 is 17.6 Å². The monoisotopic (exact) mass is 242 g/mol. The quantitative estimate of drug-likeness (QED) is 0.884. The number of carbonyl (C=O) groups is 1. The average Bonchev–Trinajstić information content (AvgIpc) is 2.64. The van der Waals surface area contributed by atoms with Gasteiger partial charge >= 0.3 is 5.97 Å². The van der Waals surface area contributed by atoms with Crippen molar-refractivity contribution in [1.82, 2.24) is 0 Å². The highest BCUT2D eigenvalue weighted by Crippen LogP contribution is 2.42. The molecule has 1 N–H and O–H groups in total. The third-order valence-corrected chi connectivity index (χ3v) is 2.92. The number of carboxylic acids is 1. The van der Waals surface area contributed by atoms with Crippen LogP contribution in [0, 0.1) is 6.92 Å². The van der Waals surface area contributed by atoms with Gasteiger partial charge in [-0.2, -0.15) is 0 Å². The minimum Gasteiger partial charge on any atom is -0.481 e. The van der Waals surface area contributed by atoms with E-state index in [4.69, 9.17) is 26.2 Å². The molecule has 0 aliphatic carbocycles. The second kappa shape index (κ2) is 4.22. The molecule has 0 radical (unpaired) electrons. The van der Waals surface area contributed by atoms with E-state index in [0.717, 1.165) is 11.1 Å². The average molecular weight is 243 g/mol. The molecule has 0 aromatic heterocycles. The van der Waals surface area contributed by atoms with Crippen LogP contribution in [-0.2, 0) is 11.2 Å². The first-order chi connectivity index (χ1) is 7.59. The van der Waals surface area contributed by atoms with Crippen LogP contribution < -0.4 is 9.47 Å². The zero-order chi connectivity index (χ0) is 11.7. The molecule has 5 heteroatoms. The topological polar surface area (TPSA) is 55.8 Å². The highest BCUT2D eigenvalue weighted by atomic mass is 35.5. The maximum atomic E-state index is 10.5. The second-order valence-corrected chi connectivity index (χ2v) is 3.99. The summed E-state index contributed by atoms with van der Waals surface area (Å²) in [6, 6.07) is 1.82. The van der Waals surface area contributed by atoms with Crippen molar-refractivity contribution in [3.05, 3.63) is 22.2 Å². The lowest BCUT2D eigenvalue weighted by molar-refractivity contribution is -0.136. The van der Waals surface area contributed by atoms with Crippen molar-refractivity contribution in [3.63, 3.8) is 0 Å². The van der Waals surface area contributed by atoms with E-state index < -0.39 is 5.97 Å². The highest BCUT2D eigenvalue weighted by molar-refractivity contribution is 6.33. The Morgan fingerprint density at radius 3 is 3.00 bits per heavy atom. The van der Waals surface area contributed by atoms with Gasteiger partial charge in [0, 0.05) is 6.42 Å². The number of hydrogen-bond acceptors (Lipinski definition) is 3. The Balaban J connectivity index is 2.34. The maximum Gasteiger partial charge on any atom is 0.303 e. The van der Waals surface area contributed by atoms with E-state index in [1.807, 2.05) is 13.0 Å². The lowest BCUT2D eigenvalue weighted by Gasteiger charge is -2.09. The molecule has 0 spiro atoms. The van der Waals surface area contributed by atoms with Gasteiger partial charge in [0.2, 0.25) is 6.79 Å². The van der Waals surface area contributed by atoms with Gasteiger partial charge in [-0.25, -0.2) is 0 Å². The van der Waals surface area contributed by atoms with Gasteiger partial charge in [0.05, 0.1) is 5.02 Å². The largest absolute Gasteiger partial charge is 0.481 e. The summed E-state index contributed by atoms with van der Waals surface area (Å²) in [5.41, 5.74) is 1.74. The molecule has 86 valence electrons. The molecule has 0 unspecified atom stereocenters. The molecular weight excluding hydrogens is 232 g/mol. The molecule has 0 atom stereocenters. The predicted octanol–water partition coefficient (Wildman–Crippen LogP) is 2.39. The van der Waals surface area contributed by atoms with Crippen molar-refractivity contribution < 1.29 is 19.4 Å². The van der Waals surface area contributed by atoms with Crippen LogP contribution in [0.5, 0.6) is 11.5 Å². The van der Waals surface area contributed by atoms with Crippen LogP contribution in [0.4, 0.5) is 0 Å². The Morgan fingerprint density at radius 2 is 2.31 bits per heavy atom. The van der Waals surface area contributed by atoms with Crippen molar-refractivity contribution in [2.24, 2.45) is 0 Å². The number of fused-ring (bicyclic) bond motifs is 1. The summed E-state index contributed by atoms with van der Waals surface area (Å²) in [6.07, 6.45) is 0.455. The Hall–Kier alpha value is -1.42. The molecule has 1 heterocycles.